The van der Waals surface area contributed by atoms with Gasteiger partial charge in [-0.15, -0.1) is 11.3 Å². The third-order valence-corrected chi connectivity index (χ3v) is 6.49. The van der Waals surface area contributed by atoms with Crippen molar-refractivity contribution in [3.63, 3.8) is 0 Å². The van der Waals surface area contributed by atoms with Crippen LogP contribution in [-0.2, 0) is 11.0 Å². The molecule has 1 atom stereocenters. The molecule has 0 saturated carbocycles. The molecule has 2 aliphatic rings. The number of thiazole rings is 1. The molecular formula is C21H23F3N4O2S. The number of nitrogens with zero attached hydrogens (tertiary/aromatic N) is 3. The van der Waals surface area contributed by atoms with Crippen LogP contribution >= 0.6 is 11.3 Å². The van der Waals surface area contributed by atoms with E-state index in [1.54, 1.807) is 0 Å². The first-order valence-electron chi connectivity index (χ1n) is 10.3. The van der Waals surface area contributed by atoms with E-state index in [1.807, 2.05) is 10.3 Å². The third-order valence-electron chi connectivity index (χ3n) is 5.72. The molecule has 1 aromatic heterocycles. The van der Waals surface area contributed by atoms with E-state index in [9.17, 15) is 22.8 Å². The minimum atomic E-state index is -4.44. The van der Waals surface area contributed by atoms with E-state index in [2.05, 4.69) is 15.2 Å². The second kappa shape index (κ2) is 8.96. The van der Waals surface area contributed by atoms with Crippen LogP contribution in [0.2, 0.25) is 0 Å². The lowest BCUT2D eigenvalue weighted by atomic mass is 10.1. The number of halogens is 3. The van der Waals surface area contributed by atoms with Crippen molar-refractivity contribution in [2.24, 2.45) is 0 Å². The fourth-order valence-corrected chi connectivity index (χ4v) is 4.82. The summed E-state index contributed by atoms with van der Waals surface area (Å²) in [5, 5.41) is 4.91. The Morgan fingerprint density at radius 3 is 2.48 bits per heavy atom. The molecule has 0 bridgehead atoms. The van der Waals surface area contributed by atoms with Crippen LogP contribution in [0.1, 0.15) is 53.3 Å². The number of amides is 2. The van der Waals surface area contributed by atoms with Crippen molar-refractivity contribution in [3.8, 4) is 0 Å². The maximum absolute atomic E-state index is 12.7. The summed E-state index contributed by atoms with van der Waals surface area (Å²) in [6.45, 7) is 2.85. The van der Waals surface area contributed by atoms with Crippen LogP contribution in [0, 0.1) is 0 Å². The molecule has 2 aliphatic heterocycles. The van der Waals surface area contributed by atoms with Gasteiger partial charge in [0.2, 0.25) is 5.91 Å². The second-order valence-electron chi connectivity index (χ2n) is 7.82. The van der Waals surface area contributed by atoms with Crippen molar-refractivity contribution in [1.29, 1.82) is 0 Å². The number of rotatable bonds is 5. The highest BCUT2D eigenvalue weighted by molar-refractivity contribution is 7.14. The van der Waals surface area contributed by atoms with Crippen LogP contribution in [0.25, 0.3) is 0 Å². The van der Waals surface area contributed by atoms with Gasteiger partial charge in [0.15, 0.2) is 5.13 Å². The number of alkyl halides is 3. The third kappa shape index (κ3) is 5.07. The van der Waals surface area contributed by atoms with Gasteiger partial charge in [-0.05, 0) is 56.5 Å². The summed E-state index contributed by atoms with van der Waals surface area (Å²) in [5.41, 5.74) is 0.133. The summed E-state index contributed by atoms with van der Waals surface area (Å²) < 4.78 is 38.0. The zero-order valence-electron chi connectivity index (χ0n) is 16.8. The Hall–Kier alpha value is -2.46. The molecule has 0 radical (unpaired) electrons. The van der Waals surface area contributed by atoms with Gasteiger partial charge in [-0.25, -0.2) is 4.98 Å². The Bertz CT molecular complexity index is 939. The molecule has 31 heavy (non-hydrogen) atoms. The minimum Gasteiger partial charge on any atom is -0.342 e. The number of aromatic nitrogens is 1. The second-order valence-corrected chi connectivity index (χ2v) is 8.68. The zero-order valence-corrected chi connectivity index (χ0v) is 17.6. The number of hydrogen-bond acceptors (Lipinski definition) is 5. The van der Waals surface area contributed by atoms with Crippen molar-refractivity contribution in [1.82, 2.24) is 14.8 Å². The van der Waals surface area contributed by atoms with Crippen LogP contribution in [0.3, 0.4) is 0 Å². The predicted molar refractivity (Wildman–Crippen MR) is 111 cm³/mol. The molecule has 0 spiro atoms. The van der Waals surface area contributed by atoms with Gasteiger partial charge < -0.3 is 4.90 Å². The number of benzene rings is 1. The Kier molecular flexibility index (Phi) is 6.29. The highest BCUT2D eigenvalue weighted by atomic mass is 32.1. The van der Waals surface area contributed by atoms with E-state index in [1.165, 1.54) is 11.3 Å². The molecule has 6 nitrogen and oxygen atoms in total. The fourth-order valence-electron chi connectivity index (χ4n) is 4.07. The maximum atomic E-state index is 12.7. The Balaban J connectivity index is 1.38. The van der Waals surface area contributed by atoms with Crippen LogP contribution in [0.4, 0.5) is 18.3 Å². The lowest BCUT2D eigenvalue weighted by Crippen LogP contribution is -2.38. The molecule has 10 heteroatoms. The van der Waals surface area contributed by atoms with Crippen LogP contribution < -0.4 is 5.32 Å². The number of likely N-dealkylation sites (tertiary alicyclic amines) is 2. The predicted octanol–water partition coefficient (Wildman–Crippen LogP) is 4.17. The van der Waals surface area contributed by atoms with Crippen LogP contribution in [-0.4, -0.2) is 52.8 Å². The van der Waals surface area contributed by atoms with E-state index in [0.29, 0.717) is 11.7 Å². The summed E-state index contributed by atoms with van der Waals surface area (Å²) >= 11 is 1.27. The number of hydrogen-bond donors (Lipinski definition) is 1. The smallest absolute Gasteiger partial charge is 0.342 e. The lowest BCUT2D eigenvalue weighted by Gasteiger charge is -2.25. The topological polar surface area (TPSA) is 65.5 Å². The van der Waals surface area contributed by atoms with Gasteiger partial charge in [-0.1, -0.05) is 0 Å². The first kappa shape index (κ1) is 21.8. The van der Waals surface area contributed by atoms with Crippen LogP contribution in [0.5, 0.6) is 0 Å². The van der Waals surface area contributed by atoms with Crippen molar-refractivity contribution in [3.05, 3.63) is 46.5 Å². The Labute approximate surface area is 182 Å². The standard InChI is InChI=1S/C21H23F3N4O2S/c22-21(23,24)15-7-5-14(6-8-15)19(30)26-20-25-16(13-31-20)17-4-3-11-28(17)12-18(29)27-9-1-2-10-27/h5-8,13,17H,1-4,9-12H2,(H,25,26,30). The van der Waals surface area contributed by atoms with Crippen molar-refractivity contribution in [2.45, 2.75) is 37.9 Å². The number of carbonyl (C=O) groups excluding carboxylic acids is 2. The van der Waals surface area contributed by atoms with E-state index < -0.39 is 17.6 Å². The van der Waals surface area contributed by atoms with Gasteiger partial charge in [0, 0.05) is 24.0 Å². The van der Waals surface area contributed by atoms with E-state index in [0.717, 1.165) is 75.3 Å². The van der Waals surface area contributed by atoms with Gasteiger partial charge in [-0.2, -0.15) is 13.2 Å². The first-order chi connectivity index (χ1) is 14.8. The summed E-state index contributed by atoms with van der Waals surface area (Å²) in [5.74, 6) is -0.363. The Morgan fingerprint density at radius 2 is 1.81 bits per heavy atom. The largest absolute Gasteiger partial charge is 0.416 e. The van der Waals surface area contributed by atoms with E-state index in [-0.39, 0.29) is 17.5 Å². The van der Waals surface area contributed by atoms with Gasteiger partial charge >= 0.3 is 6.18 Å². The molecule has 1 unspecified atom stereocenters. The van der Waals surface area contributed by atoms with Crippen molar-refractivity contribution in [2.75, 3.05) is 31.5 Å². The summed E-state index contributed by atoms with van der Waals surface area (Å²) in [6, 6.07) is 4.09. The Morgan fingerprint density at radius 1 is 1.10 bits per heavy atom. The van der Waals surface area contributed by atoms with Gasteiger partial charge in [0.05, 0.1) is 23.8 Å². The number of carbonyl (C=O) groups is 2. The average molecular weight is 453 g/mol. The molecule has 3 heterocycles. The molecule has 166 valence electrons. The number of anilines is 1. The zero-order chi connectivity index (χ0) is 22.0. The van der Waals surface area contributed by atoms with Gasteiger partial charge in [0.25, 0.3) is 5.91 Å². The van der Waals surface area contributed by atoms with Gasteiger partial charge in [0.1, 0.15) is 0 Å². The quantitative estimate of drug-likeness (QED) is 0.740. The highest BCUT2D eigenvalue weighted by Gasteiger charge is 2.32. The molecule has 2 amide bonds. The molecule has 1 aromatic carbocycles. The monoisotopic (exact) mass is 452 g/mol. The van der Waals surface area contributed by atoms with Crippen molar-refractivity contribution < 1.29 is 22.8 Å². The highest BCUT2D eigenvalue weighted by Crippen LogP contribution is 2.34. The molecule has 2 aromatic rings. The average Bonchev–Trinajstić information content (AvgIpc) is 3.49. The van der Waals surface area contributed by atoms with Gasteiger partial charge in [-0.3, -0.25) is 19.8 Å². The van der Waals surface area contributed by atoms with E-state index in [4.69, 9.17) is 0 Å². The van der Waals surface area contributed by atoms with Crippen LogP contribution in [0.15, 0.2) is 29.6 Å². The summed E-state index contributed by atoms with van der Waals surface area (Å²) in [6.07, 6.45) is -0.457. The van der Waals surface area contributed by atoms with E-state index >= 15 is 0 Å². The molecular weight excluding hydrogens is 429 g/mol. The molecule has 1 N–H and O–H groups in total. The fraction of sp³-hybridized carbons (Fsp3) is 0.476. The SMILES string of the molecule is O=C(Nc1nc(C2CCCN2CC(=O)N2CCCC2)cs1)c1ccc(C(F)(F)F)cc1. The lowest BCUT2D eigenvalue weighted by molar-refractivity contribution is -0.137. The number of nitrogens with one attached hydrogen (secondary N) is 1. The maximum Gasteiger partial charge on any atom is 0.416 e. The molecule has 2 saturated heterocycles. The molecule has 0 aliphatic carbocycles. The summed E-state index contributed by atoms with van der Waals surface area (Å²) in [7, 11) is 0. The van der Waals surface area contributed by atoms with Crippen molar-refractivity contribution >= 4 is 28.3 Å². The summed E-state index contributed by atoms with van der Waals surface area (Å²) in [4.78, 5) is 33.4. The minimum absolute atomic E-state index is 0.0273. The molecule has 2 fully saturated rings. The normalized spacial score (nSPS) is 19.7. The molecule has 4 rings (SSSR count). The first-order valence-corrected chi connectivity index (χ1v) is 11.1.